The molecule has 0 aliphatic carbocycles. The van der Waals surface area contributed by atoms with E-state index in [4.69, 9.17) is 11.5 Å². The summed E-state index contributed by atoms with van der Waals surface area (Å²) in [5.41, 5.74) is 16.1. The summed E-state index contributed by atoms with van der Waals surface area (Å²) in [4.78, 5) is 3.93. The number of hydrogen-bond donors (Lipinski definition) is 2. The molecule has 0 spiro atoms. The fourth-order valence-electron chi connectivity index (χ4n) is 5.13. The van der Waals surface area contributed by atoms with E-state index < -0.39 is 23.5 Å². The molecular weight excluding hydrogens is 530 g/mol. The van der Waals surface area contributed by atoms with E-state index in [-0.39, 0.29) is 11.4 Å². The molecular formula is C30H26F6N4. The van der Waals surface area contributed by atoms with Gasteiger partial charge in [0.15, 0.2) is 0 Å². The van der Waals surface area contributed by atoms with E-state index in [2.05, 4.69) is 0 Å². The smallest absolute Gasteiger partial charge is 0.397 e. The van der Waals surface area contributed by atoms with Gasteiger partial charge < -0.3 is 21.3 Å². The minimum atomic E-state index is -4.37. The molecule has 4 nitrogen and oxygen atoms in total. The van der Waals surface area contributed by atoms with Crippen LogP contribution in [0.1, 0.15) is 22.3 Å². The average molecular weight is 557 g/mol. The number of fused-ring (bicyclic) bond motifs is 2. The van der Waals surface area contributed by atoms with Crippen molar-refractivity contribution in [1.29, 1.82) is 0 Å². The van der Waals surface area contributed by atoms with Crippen molar-refractivity contribution < 1.29 is 26.3 Å². The molecule has 6 rings (SSSR count). The molecule has 0 radical (unpaired) electrons. The lowest BCUT2D eigenvalue weighted by molar-refractivity contribution is -0.138. The molecule has 4 aromatic rings. The van der Waals surface area contributed by atoms with Gasteiger partial charge >= 0.3 is 12.4 Å². The van der Waals surface area contributed by atoms with E-state index in [9.17, 15) is 26.3 Å². The van der Waals surface area contributed by atoms with Crippen LogP contribution in [0.15, 0.2) is 84.9 Å². The summed E-state index contributed by atoms with van der Waals surface area (Å²) in [6.07, 6.45) is -6.99. The molecule has 0 saturated carbocycles. The average Bonchev–Trinajstić information content (AvgIpc) is 3.53. The molecule has 4 aromatic carbocycles. The zero-order valence-electron chi connectivity index (χ0n) is 21.2. The Labute approximate surface area is 227 Å². The van der Waals surface area contributed by atoms with Crippen molar-refractivity contribution in [2.75, 3.05) is 34.4 Å². The van der Waals surface area contributed by atoms with Gasteiger partial charge in [-0.25, -0.2) is 0 Å². The summed E-state index contributed by atoms with van der Waals surface area (Å²) in [6, 6.07) is 22.7. The summed E-state index contributed by atoms with van der Waals surface area (Å²) in [5.74, 6) is 0. The monoisotopic (exact) mass is 556 g/mol. The predicted octanol–water partition coefficient (Wildman–Crippen LogP) is 7.96. The van der Waals surface area contributed by atoms with Gasteiger partial charge in [0.2, 0.25) is 0 Å². The van der Waals surface area contributed by atoms with Crippen molar-refractivity contribution in [2.45, 2.75) is 25.2 Å². The van der Waals surface area contributed by atoms with Gasteiger partial charge in [-0.2, -0.15) is 26.3 Å². The Morgan fingerprint density at radius 1 is 0.500 bits per heavy atom. The molecule has 0 unspecified atom stereocenters. The molecule has 0 fully saturated rings. The number of benzene rings is 4. The van der Waals surface area contributed by atoms with Crippen LogP contribution in [-0.2, 0) is 25.2 Å². The lowest BCUT2D eigenvalue weighted by atomic mass is 10.1. The molecule has 40 heavy (non-hydrogen) atoms. The molecule has 0 atom stereocenters. The number of nitrogen functional groups attached to an aromatic ring is 2. The minimum absolute atomic E-state index is 0.150. The quantitative estimate of drug-likeness (QED) is 0.194. The molecule has 2 aliphatic rings. The molecule has 208 valence electrons. The van der Waals surface area contributed by atoms with Gasteiger partial charge in [-0.3, -0.25) is 0 Å². The first-order valence-corrected chi connectivity index (χ1v) is 12.6. The van der Waals surface area contributed by atoms with Crippen molar-refractivity contribution in [1.82, 2.24) is 0 Å². The maximum absolute atomic E-state index is 12.6. The van der Waals surface area contributed by atoms with E-state index in [1.54, 1.807) is 0 Å². The van der Waals surface area contributed by atoms with Gasteiger partial charge in [-0.1, -0.05) is 36.4 Å². The molecule has 2 aliphatic heterocycles. The highest BCUT2D eigenvalue weighted by Gasteiger charge is 2.33. The Morgan fingerprint density at radius 2 is 0.875 bits per heavy atom. The van der Waals surface area contributed by atoms with Crippen LogP contribution in [0.3, 0.4) is 0 Å². The SMILES string of the molecule is Nc1cc(C(F)(F)F)ccc1N1CCc2ccccc21.Nc1cc(C(F)(F)F)ccc1N1CCc2ccccc21. The zero-order chi connectivity index (χ0) is 28.7. The second kappa shape index (κ2) is 10.3. The van der Waals surface area contributed by atoms with E-state index in [1.807, 2.05) is 58.3 Å². The van der Waals surface area contributed by atoms with E-state index in [1.165, 1.54) is 23.3 Å². The van der Waals surface area contributed by atoms with Crippen molar-refractivity contribution in [3.63, 3.8) is 0 Å². The van der Waals surface area contributed by atoms with Crippen LogP contribution in [0, 0.1) is 0 Å². The van der Waals surface area contributed by atoms with Crippen LogP contribution < -0.4 is 21.3 Å². The third-order valence-electron chi connectivity index (χ3n) is 7.07. The Balaban J connectivity index is 0.000000161. The van der Waals surface area contributed by atoms with Crippen LogP contribution in [0.5, 0.6) is 0 Å². The number of nitrogens with zero attached hydrogens (tertiary/aromatic N) is 2. The molecule has 2 heterocycles. The van der Waals surface area contributed by atoms with Crippen LogP contribution >= 0.6 is 0 Å². The Hall–Kier alpha value is -4.34. The molecule has 0 amide bonds. The summed E-state index contributed by atoms with van der Waals surface area (Å²) >= 11 is 0. The van der Waals surface area contributed by atoms with Gasteiger partial charge in [0.25, 0.3) is 0 Å². The fourth-order valence-corrected chi connectivity index (χ4v) is 5.13. The first-order chi connectivity index (χ1) is 18.9. The number of anilines is 6. The van der Waals surface area contributed by atoms with E-state index in [0.29, 0.717) is 11.4 Å². The molecule has 10 heteroatoms. The molecule has 0 bridgehead atoms. The largest absolute Gasteiger partial charge is 0.416 e. The number of hydrogen-bond acceptors (Lipinski definition) is 4. The second-order valence-electron chi connectivity index (χ2n) is 9.60. The van der Waals surface area contributed by atoms with Crippen molar-refractivity contribution >= 4 is 34.1 Å². The molecule has 0 aromatic heterocycles. The summed E-state index contributed by atoms with van der Waals surface area (Å²) in [6.45, 7) is 1.46. The van der Waals surface area contributed by atoms with E-state index >= 15 is 0 Å². The van der Waals surface area contributed by atoms with E-state index in [0.717, 1.165) is 61.6 Å². The normalized spacial score (nSPS) is 14.4. The van der Waals surface area contributed by atoms with Gasteiger partial charge in [0, 0.05) is 24.5 Å². The first kappa shape index (κ1) is 27.2. The molecule has 4 N–H and O–H groups in total. The van der Waals surface area contributed by atoms with Crippen LogP contribution in [0.4, 0.5) is 60.5 Å². The van der Waals surface area contributed by atoms with Crippen molar-refractivity contribution in [2.24, 2.45) is 0 Å². The third-order valence-corrected chi connectivity index (χ3v) is 7.07. The summed E-state index contributed by atoms with van der Waals surface area (Å²) < 4.78 is 75.9. The number of halogens is 6. The van der Waals surface area contributed by atoms with Crippen LogP contribution in [0.2, 0.25) is 0 Å². The third kappa shape index (κ3) is 5.38. The Bertz CT molecular complexity index is 1410. The highest BCUT2D eigenvalue weighted by atomic mass is 19.4. The Morgan fingerprint density at radius 3 is 1.23 bits per heavy atom. The summed E-state index contributed by atoms with van der Waals surface area (Å²) in [5, 5.41) is 0. The topological polar surface area (TPSA) is 58.5 Å². The van der Waals surface area contributed by atoms with Crippen LogP contribution in [-0.4, -0.2) is 13.1 Å². The first-order valence-electron chi connectivity index (χ1n) is 12.6. The molecule has 0 saturated heterocycles. The Kier molecular flexibility index (Phi) is 7.03. The number of alkyl halides is 6. The highest BCUT2D eigenvalue weighted by molar-refractivity contribution is 5.79. The number of para-hydroxylation sites is 2. The standard InChI is InChI=1S/2C15H13F3N2/c2*16-15(17,18)11-5-6-14(12(19)9-11)20-8-7-10-3-1-2-4-13(10)20/h2*1-6,9H,7-8,19H2. The maximum Gasteiger partial charge on any atom is 0.416 e. The number of rotatable bonds is 2. The van der Waals surface area contributed by atoms with Crippen molar-refractivity contribution in [3.8, 4) is 0 Å². The maximum atomic E-state index is 12.6. The number of nitrogens with two attached hydrogens (primary N) is 2. The zero-order valence-corrected chi connectivity index (χ0v) is 21.2. The lowest BCUT2D eigenvalue weighted by Gasteiger charge is -2.22. The van der Waals surface area contributed by atoms with Gasteiger partial charge in [-0.05, 0) is 72.5 Å². The second-order valence-corrected chi connectivity index (χ2v) is 9.60. The highest BCUT2D eigenvalue weighted by Crippen LogP contribution is 2.41. The predicted molar refractivity (Wildman–Crippen MR) is 146 cm³/mol. The van der Waals surface area contributed by atoms with Gasteiger partial charge in [0.05, 0.1) is 33.9 Å². The van der Waals surface area contributed by atoms with Crippen LogP contribution in [0.25, 0.3) is 0 Å². The fraction of sp³-hybridized carbons (Fsp3) is 0.200. The minimum Gasteiger partial charge on any atom is -0.397 e. The van der Waals surface area contributed by atoms with Gasteiger partial charge in [0.1, 0.15) is 0 Å². The lowest BCUT2D eigenvalue weighted by Crippen LogP contribution is -2.16. The van der Waals surface area contributed by atoms with Crippen molar-refractivity contribution in [3.05, 3.63) is 107 Å². The van der Waals surface area contributed by atoms with Gasteiger partial charge in [-0.15, -0.1) is 0 Å². The summed E-state index contributed by atoms with van der Waals surface area (Å²) in [7, 11) is 0.